The summed E-state index contributed by atoms with van der Waals surface area (Å²) >= 11 is 0. The molecule has 2 heterocycles. The molecule has 2 aliphatic heterocycles. The smallest absolute Gasteiger partial charge is 0.410 e. The third-order valence-electron chi connectivity index (χ3n) is 10.4. The van der Waals surface area contributed by atoms with Crippen LogP contribution in [0.25, 0.3) is 0 Å². The third kappa shape index (κ3) is 10.4. The van der Waals surface area contributed by atoms with Crippen molar-refractivity contribution in [2.45, 2.75) is 129 Å². The molecule has 2 aliphatic carbocycles. The molecule has 2 saturated carbocycles. The zero-order valence-corrected chi connectivity index (χ0v) is 33.8. The molecule has 0 bridgehead atoms. The van der Waals surface area contributed by atoms with Gasteiger partial charge in [0, 0.05) is 42.7 Å². The van der Waals surface area contributed by atoms with Gasteiger partial charge in [0.25, 0.3) is 0 Å². The van der Waals surface area contributed by atoms with E-state index in [4.69, 9.17) is 9.47 Å². The molecule has 2 unspecified atom stereocenters. The van der Waals surface area contributed by atoms with Crippen molar-refractivity contribution in [3.63, 3.8) is 0 Å². The van der Waals surface area contributed by atoms with Crippen LogP contribution in [-0.2, 0) is 56.6 Å². The van der Waals surface area contributed by atoms with E-state index in [2.05, 4.69) is 23.1 Å². The Morgan fingerprint density at radius 1 is 1.09 bits per heavy atom. The van der Waals surface area contributed by atoms with Crippen LogP contribution in [0.5, 0.6) is 0 Å². The number of halogens is 1. The quantitative estimate of drug-likeness (QED) is 0.120. The van der Waals surface area contributed by atoms with Gasteiger partial charge < -0.3 is 14.4 Å². The number of hydrogen-bond donors (Lipinski definition) is 1. The fourth-order valence-corrected chi connectivity index (χ4v) is 8.61. The number of esters is 1. The van der Waals surface area contributed by atoms with E-state index in [0.717, 1.165) is 0 Å². The van der Waals surface area contributed by atoms with Crippen LogP contribution in [-0.4, -0.2) is 83.2 Å². The fraction of sp³-hybridized carbons (Fsp3) is 0.610. The molecular weight excluding hydrogens is 746 g/mol. The number of amides is 3. The van der Waals surface area contributed by atoms with Crippen LogP contribution < -0.4 is 4.72 Å². The number of nitrogens with one attached hydrogen (secondary N) is 1. The van der Waals surface area contributed by atoms with Gasteiger partial charge in [-0.15, -0.1) is 6.58 Å². The van der Waals surface area contributed by atoms with Crippen molar-refractivity contribution in [2.24, 2.45) is 22.7 Å². The first-order valence-electron chi connectivity index (χ1n) is 19.0. The molecule has 0 spiro atoms. The van der Waals surface area contributed by atoms with Gasteiger partial charge in [0.2, 0.25) is 27.6 Å². The summed E-state index contributed by atoms with van der Waals surface area (Å²) in [6.45, 7) is 14.1. The number of rotatable bonds is 14. The van der Waals surface area contributed by atoms with Gasteiger partial charge in [-0.25, -0.2) is 17.6 Å². The Balaban J connectivity index is 1.40. The van der Waals surface area contributed by atoms with E-state index >= 15 is 0 Å². The standard InChI is InChI=1S/C41H52FN3O10S/c1-8-27-20-41(27,37(50)43-56(52,53)30-14-15-30)21-34(47)33-19-29(54-38(51)44-22-26-10-9-11-32(42)31(26)24-44)23-45(33)36(49)25(18-35(48)55-40(5,6)7)12-13-28(46)16-17-39(2,3)4/h8-11,25,27,29-30,33H,1,12-15,18-24H2,2-7H3,(H,43,50)/t25-,27-,29?,33?,41-/m1/s1. The van der Waals surface area contributed by atoms with E-state index in [9.17, 15) is 41.6 Å². The van der Waals surface area contributed by atoms with Crippen LogP contribution in [0.3, 0.4) is 0 Å². The van der Waals surface area contributed by atoms with Crippen LogP contribution in [0.15, 0.2) is 30.9 Å². The Kier molecular flexibility index (Phi) is 12.2. The molecule has 4 aliphatic rings. The summed E-state index contributed by atoms with van der Waals surface area (Å²) < 4.78 is 53.4. The van der Waals surface area contributed by atoms with Gasteiger partial charge in [0.05, 0.1) is 36.2 Å². The largest absolute Gasteiger partial charge is 0.460 e. The Morgan fingerprint density at radius 3 is 2.38 bits per heavy atom. The van der Waals surface area contributed by atoms with E-state index in [1.54, 1.807) is 32.9 Å². The number of ketones is 2. The molecule has 3 fully saturated rings. The molecule has 3 amide bonds. The van der Waals surface area contributed by atoms with Gasteiger partial charge in [0.1, 0.15) is 17.5 Å². The fourth-order valence-electron chi connectivity index (χ4n) is 7.22. The SMILES string of the molecule is C=C[C@@H]1C[C@]1(CC(=O)C1CC(OC(=O)N2Cc3cccc(F)c3C2)CN1C(=O)[C@H](CCC(=O)C#CC(C)(C)C)CC(=O)OC(C)(C)C)C(=O)NS(=O)(=O)C1CC1. The van der Waals surface area contributed by atoms with Gasteiger partial charge in [0.15, 0.2) is 5.78 Å². The maximum atomic E-state index is 14.5. The predicted octanol–water partition coefficient (Wildman–Crippen LogP) is 4.75. The summed E-state index contributed by atoms with van der Waals surface area (Å²) in [6, 6.07) is 3.32. The highest BCUT2D eigenvalue weighted by Crippen LogP contribution is 2.57. The predicted molar refractivity (Wildman–Crippen MR) is 202 cm³/mol. The molecule has 0 aromatic heterocycles. The lowest BCUT2D eigenvalue weighted by Crippen LogP contribution is -2.46. The number of Topliss-reactive ketones (excluding diaryl/α,β-unsaturated/α-hetero) is 2. The van der Waals surface area contributed by atoms with Crippen molar-refractivity contribution in [3.8, 4) is 11.8 Å². The molecule has 1 N–H and O–H groups in total. The number of carbonyl (C=O) groups excluding carboxylic acids is 6. The van der Waals surface area contributed by atoms with E-state index in [-0.39, 0.29) is 45.3 Å². The van der Waals surface area contributed by atoms with Crippen molar-refractivity contribution in [1.29, 1.82) is 0 Å². The second kappa shape index (κ2) is 16.1. The van der Waals surface area contributed by atoms with Crippen molar-refractivity contribution in [1.82, 2.24) is 14.5 Å². The highest BCUT2D eigenvalue weighted by molar-refractivity contribution is 7.90. The van der Waals surface area contributed by atoms with Crippen LogP contribution in [0.2, 0.25) is 0 Å². The van der Waals surface area contributed by atoms with Crippen LogP contribution >= 0.6 is 0 Å². The van der Waals surface area contributed by atoms with Crippen molar-refractivity contribution in [3.05, 3.63) is 47.8 Å². The molecule has 15 heteroatoms. The zero-order valence-electron chi connectivity index (χ0n) is 32.9. The van der Waals surface area contributed by atoms with Gasteiger partial charge >= 0.3 is 12.1 Å². The Bertz CT molecular complexity index is 1970. The third-order valence-corrected chi connectivity index (χ3v) is 12.2. The number of fused-ring (bicyclic) bond motifs is 1. The Morgan fingerprint density at radius 2 is 1.79 bits per heavy atom. The van der Waals surface area contributed by atoms with E-state index in [1.165, 1.54) is 21.9 Å². The highest BCUT2D eigenvalue weighted by atomic mass is 32.2. The summed E-state index contributed by atoms with van der Waals surface area (Å²) in [5.41, 5.74) is -1.76. The second-order valence-electron chi connectivity index (χ2n) is 17.5. The molecule has 1 aromatic carbocycles. The molecule has 13 nitrogen and oxygen atoms in total. The van der Waals surface area contributed by atoms with E-state index < -0.39 is 110 Å². The first-order chi connectivity index (χ1) is 26.0. The average Bonchev–Trinajstić information content (AvgIpc) is 3.98. The minimum atomic E-state index is -3.93. The molecule has 5 rings (SSSR count). The molecule has 1 saturated heterocycles. The van der Waals surface area contributed by atoms with E-state index in [1.807, 2.05) is 20.8 Å². The molecule has 304 valence electrons. The van der Waals surface area contributed by atoms with Gasteiger partial charge in [-0.2, -0.15) is 0 Å². The first-order valence-corrected chi connectivity index (χ1v) is 20.6. The Hall–Kier alpha value is -4.58. The molecular formula is C41H52FN3O10S. The summed E-state index contributed by atoms with van der Waals surface area (Å²) in [7, 11) is -3.93. The van der Waals surface area contributed by atoms with Crippen molar-refractivity contribution < 1.29 is 51.0 Å². The number of ether oxygens (including phenoxy) is 2. The van der Waals surface area contributed by atoms with Crippen molar-refractivity contribution in [2.75, 3.05) is 6.54 Å². The summed E-state index contributed by atoms with van der Waals surface area (Å²) in [5, 5.41) is -0.674. The average molecular weight is 798 g/mol. The number of carbonyl (C=O) groups is 6. The van der Waals surface area contributed by atoms with Crippen LogP contribution in [0.1, 0.15) is 104 Å². The van der Waals surface area contributed by atoms with Crippen molar-refractivity contribution >= 4 is 45.5 Å². The van der Waals surface area contributed by atoms with Crippen LogP contribution in [0, 0.1) is 40.3 Å². The lowest BCUT2D eigenvalue weighted by Gasteiger charge is -2.29. The van der Waals surface area contributed by atoms with E-state index in [0.29, 0.717) is 24.0 Å². The van der Waals surface area contributed by atoms with Gasteiger partial charge in [-0.3, -0.25) is 33.6 Å². The second-order valence-corrected chi connectivity index (χ2v) is 19.4. The minimum absolute atomic E-state index is 0.0347. The number of likely N-dealkylation sites (tertiary alicyclic amines) is 1. The maximum Gasteiger partial charge on any atom is 0.410 e. The normalized spacial score (nSPS) is 23.6. The monoisotopic (exact) mass is 797 g/mol. The number of hydrogen-bond acceptors (Lipinski definition) is 10. The molecule has 1 aromatic rings. The number of benzene rings is 1. The van der Waals surface area contributed by atoms with Gasteiger partial charge in [-0.1, -0.05) is 24.1 Å². The first kappa shape index (κ1) is 42.6. The highest BCUT2D eigenvalue weighted by Gasteiger charge is 2.61. The number of nitrogens with zero attached hydrogens (tertiary/aromatic N) is 2. The summed E-state index contributed by atoms with van der Waals surface area (Å²) in [5.74, 6) is 0.176. The number of sulfonamides is 1. The minimum Gasteiger partial charge on any atom is -0.460 e. The lowest BCUT2D eigenvalue weighted by atomic mass is 9.90. The summed E-state index contributed by atoms with van der Waals surface area (Å²) in [6.07, 6.45) is -0.547. The summed E-state index contributed by atoms with van der Waals surface area (Å²) in [4.78, 5) is 84.2. The zero-order chi connectivity index (χ0) is 41.4. The van der Waals surface area contributed by atoms with Gasteiger partial charge in [-0.05, 0) is 90.7 Å². The molecule has 5 atom stereocenters. The Labute approximate surface area is 328 Å². The lowest BCUT2D eigenvalue weighted by molar-refractivity contribution is -0.159. The number of allylic oxidation sites excluding steroid dienone is 1. The molecule has 56 heavy (non-hydrogen) atoms. The molecule has 0 radical (unpaired) electrons. The van der Waals surface area contributed by atoms with Crippen LogP contribution in [0.4, 0.5) is 9.18 Å². The topological polar surface area (TPSA) is 174 Å². The maximum absolute atomic E-state index is 14.5.